The zero-order valence-corrected chi connectivity index (χ0v) is 15.1. The van der Waals surface area contributed by atoms with Gasteiger partial charge in [0.2, 0.25) is 5.91 Å². The van der Waals surface area contributed by atoms with Crippen molar-refractivity contribution >= 4 is 11.8 Å². The molecule has 2 fully saturated rings. The van der Waals surface area contributed by atoms with Gasteiger partial charge in [-0.1, -0.05) is 18.2 Å². The number of nitrogens with one attached hydrogen (secondary N) is 1. The number of likely N-dealkylation sites (tertiary alicyclic amines) is 2. The average Bonchev–Trinajstić information content (AvgIpc) is 3.21. The molecular formula is C20H29N3O2. The second-order valence-corrected chi connectivity index (χ2v) is 7.27. The maximum Gasteiger partial charge on any atom is 0.253 e. The van der Waals surface area contributed by atoms with Crippen LogP contribution in [0, 0.1) is 5.92 Å². The number of carbonyl (C=O) groups is 2. The van der Waals surface area contributed by atoms with Crippen LogP contribution in [0.4, 0.5) is 0 Å². The molecule has 3 rings (SSSR count). The summed E-state index contributed by atoms with van der Waals surface area (Å²) >= 11 is 0. The van der Waals surface area contributed by atoms with Crippen molar-refractivity contribution in [1.82, 2.24) is 15.1 Å². The van der Waals surface area contributed by atoms with E-state index in [1.54, 1.807) is 0 Å². The van der Waals surface area contributed by atoms with Crippen LogP contribution in [0.5, 0.6) is 0 Å². The van der Waals surface area contributed by atoms with Crippen molar-refractivity contribution in [2.75, 3.05) is 32.7 Å². The minimum atomic E-state index is 0.0330. The third-order valence-electron chi connectivity index (χ3n) is 5.51. The summed E-state index contributed by atoms with van der Waals surface area (Å²) in [4.78, 5) is 29.2. The molecule has 136 valence electrons. The average molecular weight is 343 g/mol. The quantitative estimate of drug-likeness (QED) is 0.891. The predicted octanol–water partition coefficient (Wildman–Crippen LogP) is 2.14. The maximum atomic E-state index is 12.5. The van der Waals surface area contributed by atoms with Gasteiger partial charge in [-0.15, -0.1) is 0 Å². The molecule has 1 aromatic rings. The Hall–Kier alpha value is -1.88. The van der Waals surface area contributed by atoms with Gasteiger partial charge in [0.15, 0.2) is 0 Å². The molecule has 2 amide bonds. The van der Waals surface area contributed by atoms with E-state index in [-0.39, 0.29) is 17.7 Å². The van der Waals surface area contributed by atoms with Crippen LogP contribution in [0.2, 0.25) is 0 Å². The summed E-state index contributed by atoms with van der Waals surface area (Å²) in [5.41, 5.74) is 0.727. The Morgan fingerprint density at radius 3 is 2.36 bits per heavy atom. The van der Waals surface area contributed by atoms with Crippen LogP contribution in [-0.2, 0) is 4.79 Å². The van der Waals surface area contributed by atoms with Crippen LogP contribution in [-0.4, -0.2) is 60.4 Å². The standard InChI is InChI=1S/C20H29N3O2/c1-16(22-11-5-6-12-22)15-21-19(24)17-9-13-23(14-10-17)20(25)18-7-3-2-4-8-18/h2-4,7-8,16-17H,5-6,9-15H2,1H3,(H,21,24). The van der Waals surface area contributed by atoms with Crippen molar-refractivity contribution in [3.63, 3.8) is 0 Å². The summed E-state index contributed by atoms with van der Waals surface area (Å²) in [5, 5.41) is 3.12. The first-order valence-electron chi connectivity index (χ1n) is 9.51. The highest BCUT2D eigenvalue weighted by Crippen LogP contribution is 2.19. The van der Waals surface area contributed by atoms with Gasteiger partial charge in [0, 0.05) is 37.2 Å². The zero-order valence-electron chi connectivity index (χ0n) is 15.1. The topological polar surface area (TPSA) is 52.7 Å². The summed E-state index contributed by atoms with van der Waals surface area (Å²) in [5.74, 6) is 0.255. The number of benzene rings is 1. The molecule has 2 aliphatic rings. The first-order chi connectivity index (χ1) is 12.1. The molecule has 1 unspecified atom stereocenters. The first kappa shape index (κ1) is 17.9. The van der Waals surface area contributed by atoms with Crippen molar-refractivity contribution in [3.8, 4) is 0 Å². The van der Waals surface area contributed by atoms with Crippen LogP contribution < -0.4 is 5.32 Å². The molecule has 0 radical (unpaired) electrons. The Morgan fingerprint density at radius 2 is 1.72 bits per heavy atom. The van der Waals surface area contributed by atoms with Gasteiger partial charge in [-0.3, -0.25) is 14.5 Å². The highest BCUT2D eigenvalue weighted by Gasteiger charge is 2.28. The lowest BCUT2D eigenvalue weighted by Gasteiger charge is -2.32. The van der Waals surface area contributed by atoms with Crippen molar-refractivity contribution in [1.29, 1.82) is 0 Å². The van der Waals surface area contributed by atoms with Crippen molar-refractivity contribution in [2.24, 2.45) is 5.92 Å². The van der Waals surface area contributed by atoms with Crippen LogP contribution in [0.25, 0.3) is 0 Å². The molecule has 0 aliphatic carbocycles. The second kappa shape index (κ2) is 8.48. The summed E-state index contributed by atoms with van der Waals surface area (Å²) in [6.45, 7) is 6.53. The molecule has 0 spiro atoms. The van der Waals surface area contributed by atoms with Crippen LogP contribution in [0.1, 0.15) is 43.0 Å². The molecular weight excluding hydrogens is 314 g/mol. The van der Waals surface area contributed by atoms with E-state index < -0.39 is 0 Å². The maximum absolute atomic E-state index is 12.5. The Morgan fingerprint density at radius 1 is 1.08 bits per heavy atom. The zero-order chi connectivity index (χ0) is 17.6. The fraction of sp³-hybridized carbons (Fsp3) is 0.600. The lowest BCUT2D eigenvalue weighted by Crippen LogP contribution is -2.46. The van der Waals surface area contributed by atoms with Gasteiger partial charge < -0.3 is 10.2 Å². The second-order valence-electron chi connectivity index (χ2n) is 7.27. The minimum absolute atomic E-state index is 0.0330. The lowest BCUT2D eigenvalue weighted by atomic mass is 9.95. The Bertz CT molecular complexity index is 576. The van der Waals surface area contributed by atoms with E-state index in [1.807, 2.05) is 35.2 Å². The van der Waals surface area contributed by atoms with E-state index in [0.29, 0.717) is 19.1 Å². The van der Waals surface area contributed by atoms with Crippen LogP contribution >= 0.6 is 0 Å². The summed E-state index contributed by atoms with van der Waals surface area (Å²) in [6.07, 6.45) is 4.05. The van der Waals surface area contributed by atoms with E-state index in [0.717, 1.165) is 38.0 Å². The SMILES string of the molecule is CC(CNC(=O)C1CCN(C(=O)c2ccccc2)CC1)N1CCCC1. The Balaban J connectivity index is 1.42. The fourth-order valence-corrected chi connectivity index (χ4v) is 3.81. The van der Waals surface area contributed by atoms with E-state index in [4.69, 9.17) is 0 Å². The highest BCUT2D eigenvalue weighted by atomic mass is 16.2. The van der Waals surface area contributed by atoms with Gasteiger partial charge in [-0.25, -0.2) is 0 Å². The number of hydrogen-bond donors (Lipinski definition) is 1. The van der Waals surface area contributed by atoms with Crippen LogP contribution in [0.3, 0.4) is 0 Å². The molecule has 0 bridgehead atoms. The largest absolute Gasteiger partial charge is 0.354 e. The highest BCUT2D eigenvalue weighted by molar-refractivity contribution is 5.94. The van der Waals surface area contributed by atoms with Gasteiger partial charge in [0.25, 0.3) is 5.91 Å². The lowest BCUT2D eigenvalue weighted by molar-refractivity contribution is -0.126. The number of piperidine rings is 1. The molecule has 5 nitrogen and oxygen atoms in total. The number of amides is 2. The van der Waals surface area contributed by atoms with Crippen molar-refractivity contribution < 1.29 is 9.59 Å². The van der Waals surface area contributed by atoms with E-state index in [1.165, 1.54) is 12.8 Å². The summed E-state index contributed by atoms with van der Waals surface area (Å²) in [7, 11) is 0. The predicted molar refractivity (Wildman–Crippen MR) is 98.3 cm³/mol. The Kier molecular flexibility index (Phi) is 6.08. The van der Waals surface area contributed by atoms with E-state index in [9.17, 15) is 9.59 Å². The Labute approximate surface area is 150 Å². The normalized spacial score (nSPS) is 20.4. The van der Waals surface area contributed by atoms with Crippen LogP contribution in [0.15, 0.2) is 30.3 Å². The third kappa shape index (κ3) is 4.60. The molecule has 2 saturated heterocycles. The number of rotatable bonds is 5. The molecule has 1 aromatic carbocycles. The molecule has 0 saturated carbocycles. The molecule has 2 heterocycles. The molecule has 0 aromatic heterocycles. The molecule has 1 N–H and O–H groups in total. The van der Waals surface area contributed by atoms with Gasteiger partial charge in [-0.2, -0.15) is 0 Å². The van der Waals surface area contributed by atoms with E-state index in [2.05, 4.69) is 17.1 Å². The summed E-state index contributed by atoms with van der Waals surface area (Å²) in [6, 6.07) is 9.79. The molecule has 2 aliphatic heterocycles. The number of carbonyl (C=O) groups excluding carboxylic acids is 2. The molecule has 5 heteroatoms. The van der Waals surface area contributed by atoms with Gasteiger partial charge in [-0.05, 0) is 57.8 Å². The van der Waals surface area contributed by atoms with Gasteiger partial charge in [0.05, 0.1) is 0 Å². The number of hydrogen-bond acceptors (Lipinski definition) is 3. The summed E-state index contributed by atoms with van der Waals surface area (Å²) < 4.78 is 0. The third-order valence-corrected chi connectivity index (χ3v) is 5.51. The van der Waals surface area contributed by atoms with Crippen molar-refractivity contribution in [2.45, 2.75) is 38.6 Å². The van der Waals surface area contributed by atoms with Gasteiger partial charge >= 0.3 is 0 Å². The molecule has 1 atom stereocenters. The first-order valence-corrected chi connectivity index (χ1v) is 9.51. The molecule has 25 heavy (non-hydrogen) atoms. The monoisotopic (exact) mass is 343 g/mol. The number of nitrogens with zero attached hydrogens (tertiary/aromatic N) is 2. The van der Waals surface area contributed by atoms with Crippen molar-refractivity contribution in [3.05, 3.63) is 35.9 Å². The minimum Gasteiger partial charge on any atom is -0.354 e. The van der Waals surface area contributed by atoms with E-state index >= 15 is 0 Å². The smallest absolute Gasteiger partial charge is 0.253 e. The fourth-order valence-electron chi connectivity index (χ4n) is 3.81. The van der Waals surface area contributed by atoms with Gasteiger partial charge in [0.1, 0.15) is 0 Å².